The van der Waals surface area contributed by atoms with Crippen LogP contribution >= 0.6 is 23.2 Å². The lowest BCUT2D eigenvalue weighted by atomic mass is 10.1. The van der Waals surface area contributed by atoms with Crippen LogP contribution in [0.5, 0.6) is 0 Å². The molecule has 5 nitrogen and oxygen atoms in total. The van der Waals surface area contributed by atoms with E-state index in [1.807, 2.05) is 13.0 Å². The Bertz CT molecular complexity index is 690. The van der Waals surface area contributed by atoms with E-state index in [-0.39, 0.29) is 6.10 Å². The van der Waals surface area contributed by atoms with E-state index in [0.29, 0.717) is 28.8 Å². The van der Waals surface area contributed by atoms with Gasteiger partial charge in [0.05, 0.1) is 11.6 Å². The number of ether oxygens (including phenoxy) is 2. The molecule has 2 heterocycles. The van der Waals surface area contributed by atoms with Crippen LogP contribution in [0.4, 0.5) is 0 Å². The third-order valence-electron chi connectivity index (χ3n) is 3.53. The van der Waals surface area contributed by atoms with Crippen molar-refractivity contribution >= 4 is 23.2 Å². The summed E-state index contributed by atoms with van der Waals surface area (Å²) < 4.78 is 13.8. The van der Waals surface area contributed by atoms with Gasteiger partial charge in [0.25, 0.3) is 0 Å². The molecule has 1 aliphatic heterocycles. The molecule has 2 aromatic rings. The lowest BCUT2D eigenvalue weighted by Crippen LogP contribution is -2.34. The summed E-state index contributed by atoms with van der Waals surface area (Å²) >= 11 is 12.3. The van der Waals surface area contributed by atoms with Gasteiger partial charge in [-0.25, -0.2) is 9.67 Å². The van der Waals surface area contributed by atoms with Gasteiger partial charge in [-0.05, 0) is 24.6 Å². The van der Waals surface area contributed by atoms with Gasteiger partial charge < -0.3 is 9.47 Å². The summed E-state index contributed by atoms with van der Waals surface area (Å²) in [5, 5.41) is 5.16. The average Bonchev–Trinajstić information content (AvgIpc) is 3.09. The molecule has 2 atom stereocenters. The molecule has 7 heteroatoms. The zero-order valence-electron chi connectivity index (χ0n) is 12.0. The second-order valence-corrected chi connectivity index (χ2v) is 6.08. The highest BCUT2D eigenvalue weighted by atomic mass is 35.5. The second-order valence-electron chi connectivity index (χ2n) is 5.23. The Balaban J connectivity index is 2.01. The summed E-state index contributed by atoms with van der Waals surface area (Å²) in [6.07, 6.45) is 2.87. The lowest BCUT2D eigenvalue weighted by Gasteiger charge is -2.29. The Morgan fingerprint density at radius 1 is 1.50 bits per heavy atom. The van der Waals surface area contributed by atoms with Gasteiger partial charge in [-0.3, -0.25) is 0 Å². The molecule has 0 bridgehead atoms. The van der Waals surface area contributed by atoms with Gasteiger partial charge in [-0.1, -0.05) is 35.8 Å². The van der Waals surface area contributed by atoms with Gasteiger partial charge in [0.15, 0.2) is 0 Å². The first-order valence-electron chi connectivity index (χ1n) is 6.75. The van der Waals surface area contributed by atoms with Crippen molar-refractivity contribution in [1.29, 1.82) is 0 Å². The highest BCUT2D eigenvalue weighted by Crippen LogP contribution is 2.41. The van der Waals surface area contributed by atoms with Gasteiger partial charge in [0.2, 0.25) is 5.79 Å². The number of aromatic nitrogens is 3. The molecule has 3 rings (SSSR count). The molecular formula is C15H15Cl2N3O2. The molecule has 1 fully saturated rings. The molecule has 0 radical (unpaired) electrons. The predicted molar refractivity (Wildman–Crippen MR) is 83.8 cm³/mol. The van der Waals surface area contributed by atoms with Gasteiger partial charge in [0, 0.05) is 10.6 Å². The van der Waals surface area contributed by atoms with Crippen LogP contribution in [0.2, 0.25) is 10.0 Å². The van der Waals surface area contributed by atoms with Crippen LogP contribution < -0.4 is 0 Å². The number of benzene rings is 1. The molecule has 1 aliphatic rings. The minimum absolute atomic E-state index is 0.199. The standard InChI is InChI=1S/C15H15Cl2N3O2/c1-10(2)14-6-21-15(22-14,7-20-9-18-8-19-20)12-4-3-11(16)5-13(12)17/h3-5,8-9,14H,1,6-7H2,2H3. The smallest absolute Gasteiger partial charge is 0.217 e. The van der Waals surface area contributed by atoms with Crippen LogP contribution in [-0.4, -0.2) is 27.5 Å². The third kappa shape index (κ3) is 2.90. The number of hydrogen-bond acceptors (Lipinski definition) is 4. The highest BCUT2D eigenvalue weighted by molar-refractivity contribution is 6.35. The first-order chi connectivity index (χ1) is 10.5. The van der Waals surface area contributed by atoms with Crippen molar-refractivity contribution in [3.8, 4) is 0 Å². The van der Waals surface area contributed by atoms with Gasteiger partial charge in [0.1, 0.15) is 25.3 Å². The van der Waals surface area contributed by atoms with Crippen LogP contribution in [0.3, 0.4) is 0 Å². The van der Waals surface area contributed by atoms with Crippen LogP contribution in [0.15, 0.2) is 43.0 Å². The van der Waals surface area contributed by atoms with E-state index < -0.39 is 5.79 Å². The molecule has 0 N–H and O–H groups in total. The SMILES string of the molecule is C=C(C)C1COC(Cn2cncn2)(c2ccc(Cl)cc2Cl)O1. The molecule has 1 saturated heterocycles. The van der Waals surface area contributed by atoms with Crippen molar-refractivity contribution < 1.29 is 9.47 Å². The highest BCUT2D eigenvalue weighted by Gasteiger charge is 2.45. The van der Waals surface area contributed by atoms with Crippen molar-refractivity contribution in [2.45, 2.75) is 25.4 Å². The van der Waals surface area contributed by atoms with Crippen molar-refractivity contribution in [3.05, 3.63) is 58.6 Å². The monoisotopic (exact) mass is 339 g/mol. The predicted octanol–water partition coefficient (Wildman–Crippen LogP) is 3.43. The van der Waals surface area contributed by atoms with E-state index >= 15 is 0 Å². The summed E-state index contributed by atoms with van der Waals surface area (Å²) in [7, 11) is 0. The molecule has 1 aromatic carbocycles. The summed E-state index contributed by atoms with van der Waals surface area (Å²) in [5.41, 5.74) is 1.60. The minimum Gasteiger partial charge on any atom is -0.341 e. The van der Waals surface area contributed by atoms with Crippen LogP contribution in [0, 0.1) is 0 Å². The van der Waals surface area contributed by atoms with E-state index in [2.05, 4.69) is 16.7 Å². The molecular weight excluding hydrogens is 325 g/mol. The minimum atomic E-state index is -1.04. The number of rotatable bonds is 4. The summed E-state index contributed by atoms with van der Waals surface area (Å²) in [4.78, 5) is 3.95. The molecule has 2 unspecified atom stereocenters. The van der Waals surface area contributed by atoms with E-state index in [1.54, 1.807) is 23.1 Å². The van der Waals surface area contributed by atoms with Crippen LogP contribution in [0.1, 0.15) is 12.5 Å². The fraction of sp³-hybridized carbons (Fsp3) is 0.333. The molecule has 1 aromatic heterocycles. The summed E-state index contributed by atoms with van der Waals surface area (Å²) in [6, 6.07) is 5.23. The van der Waals surface area contributed by atoms with Crippen molar-refractivity contribution in [3.63, 3.8) is 0 Å². The Morgan fingerprint density at radius 3 is 2.91 bits per heavy atom. The van der Waals surface area contributed by atoms with Crippen molar-refractivity contribution in [1.82, 2.24) is 14.8 Å². The molecule has 0 spiro atoms. The normalized spacial score (nSPS) is 24.6. The average molecular weight is 340 g/mol. The van der Waals surface area contributed by atoms with E-state index in [1.165, 1.54) is 6.33 Å². The Labute approximate surface area is 138 Å². The maximum atomic E-state index is 6.35. The Kier molecular flexibility index (Phi) is 4.23. The molecule has 116 valence electrons. The quantitative estimate of drug-likeness (QED) is 0.800. The molecule has 22 heavy (non-hydrogen) atoms. The van der Waals surface area contributed by atoms with Gasteiger partial charge >= 0.3 is 0 Å². The zero-order chi connectivity index (χ0) is 15.7. The maximum Gasteiger partial charge on any atom is 0.217 e. The van der Waals surface area contributed by atoms with Gasteiger partial charge in [-0.2, -0.15) is 5.10 Å². The first-order valence-corrected chi connectivity index (χ1v) is 7.51. The maximum absolute atomic E-state index is 6.35. The number of hydrogen-bond donors (Lipinski definition) is 0. The van der Waals surface area contributed by atoms with Crippen LogP contribution in [0.25, 0.3) is 0 Å². The largest absolute Gasteiger partial charge is 0.341 e. The summed E-state index contributed by atoms with van der Waals surface area (Å²) in [5.74, 6) is -1.04. The van der Waals surface area contributed by atoms with Gasteiger partial charge in [-0.15, -0.1) is 0 Å². The third-order valence-corrected chi connectivity index (χ3v) is 4.08. The second kappa shape index (κ2) is 6.01. The molecule has 0 amide bonds. The Hall–Kier alpha value is -1.40. The first kappa shape index (κ1) is 15.5. The van der Waals surface area contributed by atoms with E-state index in [0.717, 1.165) is 5.57 Å². The van der Waals surface area contributed by atoms with E-state index in [4.69, 9.17) is 32.7 Å². The molecule has 0 aliphatic carbocycles. The van der Waals surface area contributed by atoms with Crippen molar-refractivity contribution in [2.24, 2.45) is 0 Å². The lowest BCUT2D eigenvalue weighted by molar-refractivity contribution is -0.185. The van der Waals surface area contributed by atoms with Crippen molar-refractivity contribution in [2.75, 3.05) is 6.61 Å². The fourth-order valence-corrected chi connectivity index (χ4v) is 2.94. The summed E-state index contributed by atoms with van der Waals surface area (Å²) in [6.45, 7) is 6.58. The molecule has 0 saturated carbocycles. The van der Waals surface area contributed by atoms with E-state index in [9.17, 15) is 0 Å². The van der Waals surface area contributed by atoms with Crippen LogP contribution in [-0.2, 0) is 21.8 Å². The zero-order valence-corrected chi connectivity index (χ0v) is 13.5. The topological polar surface area (TPSA) is 49.2 Å². The fourth-order valence-electron chi connectivity index (χ4n) is 2.39. The number of halogens is 2. The Morgan fingerprint density at radius 2 is 2.32 bits per heavy atom. The number of nitrogens with zero attached hydrogens (tertiary/aromatic N) is 3.